The van der Waals surface area contributed by atoms with E-state index in [0.29, 0.717) is 12.8 Å². The van der Waals surface area contributed by atoms with Gasteiger partial charge in [-0.25, -0.2) is 14.8 Å². The summed E-state index contributed by atoms with van der Waals surface area (Å²) in [5.41, 5.74) is 6.34. The van der Waals surface area contributed by atoms with E-state index < -0.39 is 24.7 Å². The van der Waals surface area contributed by atoms with Crippen LogP contribution in [0.3, 0.4) is 0 Å². The van der Waals surface area contributed by atoms with Gasteiger partial charge in [0.15, 0.2) is 0 Å². The van der Waals surface area contributed by atoms with Gasteiger partial charge in [-0.3, -0.25) is 0 Å². The smallest absolute Gasteiger partial charge is 0.407 e. The Bertz CT molecular complexity index is 536. The summed E-state index contributed by atoms with van der Waals surface area (Å²) in [5.74, 6) is 0.346. The minimum Gasteiger partial charge on any atom is -0.446 e. The van der Waals surface area contributed by atoms with Crippen molar-refractivity contribution in [2.24, 2.45) is 0 Å². The van der Waals surface area contributed by atoms with Crippen LogP contribution in [0.4, 0.5) is 23.9 Å². The molecule has 1 aromatic rings. The lowest BCUT2D eigenvalue weighted by atomic mass is 10.0. The summed E-state index contributed by atoms with van der Waals surface area (Å²) < 4.78 is 41.8. The van der Waals surface area contributed by atoms with Crippen LogP contribution in [0.5, 0.6) is 0 Å². The molecule has 0 bridgehead atoms. The summed E-state index contributed by atoms with van der Waals surface area (Å²) in [6, 6.07) is -1.02. The number of carbonyl (C=O) groups excluding carboxylic acids is 1. The third kappa shape index (κ3) is 5.57. The lowest BCUT2D eigenvalue weighted by Gasteiger charge is -2.18. The van der Waals surface area contributed by atoms with Crippen molar-refractivity contribution in [2.75, 3.05) is 5.73 Å². The normalized spacial score (nSPS) is 22.6. The van der Waals surface area contributed by atoms with Crippen LogP contribution in [0, 0.1) is 0 Å². The van der Waals surface area contributed by atoms with Gasteiger partial charge < -0.3 is 15.8 Å². The maximum absolute atomic E-state index is 12.2. The van der Waals surface area contributed by atoms with Gasteiger partial charge in [0, 0.05) is 18.4 Å². The molecular formula is C14H19F3N4O2. The van der Waals surface area contributed by atoms with Crippen molar-refractivity contribution in [3.8, 4) is 0 Å². The van der Waals surface area contributed by atoms with E-state index in [-0.39, 0.29) is 18.0 Å². The van der Waals surface area contributed by atoms with Crippen LogP contribution in [0.25, 0.3) is 0 Å². The van der Waals surface area contributed by atoms with Crippen LogP contribution in [-0.2, 0) is 4.74 Å². The van der Waals surface area contributed by atoms with Gasteiger partial charge in [-0.15, -0.1) is 0 Å². The highest BCUT2D eigenvalue weighted by Crippen LogP contribution is 2.35. The molecule has 1 fully saturated rings. The molecule has 2 rings (SSSR count). The molecule has 0 spiro atoms. The Labute approximate surface area is 131 Å². The summed E-state index contributed by atoms with van der Waals surface area (Å²) in [5, 5.41) is 2.20. The number of hydrogen-bond donors (Lipinski definition) is 2. The third-order valence-electron chi connectivity index (χ3n) is 3.72. The topological polar surface area (TPSA) is 90.1 Å². The van der Waals surface area contributed by atoms with Gasteiger partial charge >= 0.3 is 12.3 Å². The van der Waals surface area contributed by atoms with E-state index in [1.165, 1.54) is 6.92 Å². The summed E-state index contributed by atoms with van der Waals surface area (Å²) in [7, 11) is 0. The van der Waals surface area contributed by atoms with E-state index in [1.807, 2.05) is 0 Å². The Balaban J connectivity index is 1.78. The highest BCUT2D eigenvalue weighted by atomic mass is 19.4. The number of alkyl halides is 3. The second-order valence-corrected chi connectivity index (χ2v) is 5.78. The molecule has 3 N–H and O–H groups in total. The van der Waals surface area contributed by atoms with Crippen LogP contribution in [0.2, 0.25) is 0 Å². The number of halogens is 3. The fourth-order valence-corrected chi connectivity index (χ4v) is 2.69. The molecule has 9 heteroatoms. The first kappa shape index (κ1) is 17.3. The van der Waals surface area contributed by atoms with Gasteiger partial charge in [0.05, 0.1) is 6.42 Å². The summed E-state index contributed by atoms with van der Waals surface area (Å²) >= 11 is 0. The van der Waals surface area contributed by atoms with Crippen molar-refractivity contribution in [1.82, 2.24) is 15.3 Å². The standard InChI is InChI=1S/C14H19F3N4O2/c1-8(5-14(15,16)17)21-13(22)23-11-3-2-9(4-11)10-6-19-12(18)20-7-10/h6-9,11H,2-5H2,1H3,(H,21,22)(H2,18,19,20)/t8-,9-,11+/m0/s1. The first-order chi connectivity index (χ1) is 10.7. The monoisotopic (exact) mass is 332 g/mol. The van der Waals surface area contributed by atoms with Crippen molar-refractivity contribution in [2.45, 2.75) is 56.8 Å². The SMILES string of the molecule is C[C@@H](CC(F)(F)F)NC(=O)O[C@@H]1CC[C@H](c2cnc(N)nc2)C1. The molecule has 128 valence electrons. The number of amides is 1. The molecule has 1 aromatic heterocycles. The number of rotatable bonds is 4. The Hall–Kier alpha value is -2.06. The molecule has 3 atom stereocenters. The Morgan fingerprint density at radius 3 is 2.70 bits per heavy atom. The zero-order chi connectivity index (χ0) is 17.0. The number of aromatic nitrogens is 2. The quantitative estimate of drug-likeness (QED) is 0.885. The van der Waals surface area contributed by atoms with Gasteiger partial charge in [0.2, 0.25) is 5.95 Å². The molecule has 0 aromatic carbocycles. The lowest BCUT2D eigenvalue weighted by Crippen LogP contribution is -2.37. The number of nitrogens with zero attached hydrogens (tertiary/aromatic N) is 2. The van der Waals surface area contributed by atoms with E-state index in [4.69, 9.17) is 10.5 Å². The van der Waals surface area contributed by atoms with E-state index in [9.17, 15) is 18.0 Å². The molecule has 0 unspecified atom stereocenters. The minimum atomic E-state index is -4.32. The largest absolute Gasteiger partial charge is 0.446 e. The average molecular weight is 332 g/mol. The van der Waals surface area contributed by atoms with Gasteiger partial charge in [0.25, 0.3) is 0 Å². The fourth-order valence-electron chi connectivity index (χ4n) is 2.69. The average Bonchev–Trinajstić information content (AvgIpc) is 2.85. The molecule has 0 radical (unpaired) electrons. The van der Waals surface area contributed by atoms with Crippen molar-refractivity contribution < 1.29 is 22.7 Å². The second-order valence-electron chi connectivity index (χ2n) is 5.78. The van der Waals surface area contributed by atoms with E-state index in [0.717, 1.165) is 12.0 Å². The maximum Gasteiger partial charge on any atom is 0.407 e. The summed E-state index contributed by atoms with van der Waals surface area (Å²) in [6.45, 7) is 1.29. The number of alkyl carbamates (subject to hydrolysis) is 1. The molecule has 1 aliphatic carbocycles. The first-order valence-electron chi connectivity index (χ1n) is 7.34. The number of ether oxygens (including phenoxy) is 1. The fraction of sp³-hybridized carbons (Fsp3) is 0.643. The third-order valence-corrected chi connectivity index (χ3v) is 3.72. The number of nitrogens with two attached hydrogens (primary N) is 1. The molecule has 1 amide bonds. The number of anilines is 1. The van der Waals surface area contributed by atoms with Gasteiger partial charge in [-0.1, -0.05) is 0 Å². The number of nitrogens with one attached hydrogen (secondary N) is 1. The van der Waals surface area contributed by atoms with E-state index in [2.05, 4.69) is 15.3 Å². The predicted octanol–water partition coefficient (Wildman–Crippen LogP) is 2.76. The van der Waals surface area contributed by atoms with Crippen molar-refractivity contribution in [1.29, 1.82) is 0 Å². The first-order valence-corrected chi connectivity index (χ1v) is 7.34. The van der Waals surface area contributed by atoms with Crippen molar-refractivity contribution in [3.05, 3.63) is 18.0 Å². The molecular weight excluding hydrogens is 313 g/mol. The molecule has 0 saturated heterocycles. The predicted molar refractivity (Wildman–Crippen MR) is 76.6 cm³/mol. The zero-order valence-electron chi connectivity index (χ0n) is 12.6. The molecule has 6 nitrogen and oxygen atoms in total. The highest BCUT2D eigenvalue weighted by molar-refractivity contribution is 5.67. The Kier molecular flexibility index (Phi) is 5.27. The molecule has 1 aliphatic rings. The molecule has 23 heavy (non-hydrogen) atoms. The van der Waals surface area contributed by atoms with E-state index >= 15 is 0 Å². The summed E-state index contributed by atoms with van der Waals surface area (Å²) in [4.78, 5) is 19.5. The van der Waals surface area contributed by atoms with Gasteiger partial charge in [0.1, 0.15) is 6.10 Å². The van der Waals surface area contributed by atoms with Gasteiger partial charge in [-0.05, 0) is 37.7 Å². The second kappa shape index (κ2) is 7.01. The molecule has 1 saturated carbocycles. The van der Waals surface area contributed by atoms with Crippen molar-refractivity contribution >= 4 is 12.0 Å². The van der Waals surface area contributed by atoms with Crippen LogP contribution < -0.4 is 11.1 Å². The van der Waals surface area contributed by atoms with Crippen LogP contribution >= 0.6 is 0 Å². The number of hydrogen-bond acceptors (Lipinski definition) is 5. The highest BCUT2D eigenvalue weighted by Gasteiger charge is 2.32. The van der Waals surface area contributed by atoms with Crippen molar-refractivity contribution in [3.63, 3.8) is 0 Å². The summed E-state index contributed by atoms with van der Waals surface area (Å²) in [6.07, 6.45) is -1.23. The Morgan fingerprint density at radius 2 is 2.09 bits per heavy atom. The zero-order valence-corrected chi connectivity index (χ0v) is 12.6. The lowest BCUT2D eigenvalue weighted by molar-refractivity contribution is -0.138. The van der Waals surface area contributed by atoms with E-state index in [1.54, 1.807) is 12.4 Å². The van der Waals surface area contributed by atoms with Crippen LogP contribution in [0.1, 0.15) is 44.1 Å². The number of carbonyl (C=O) groups is 1. The molecule has 0 aliphatic heterocycles. The van der Waals surface area contributed by atoms with Gasteiger partial charge in [-0.2, -0.15) is 13.2 Å². The minimum absolute atomic E-state index is 0.154. The Morgan fingerprint density at radius 1 is 1.43 bits per heavy atom. The number of nitrogen functional groups attached to an aromatic ring is 1. The molecule has 1 heterocycles. The maximum atomic E-state index is 12.2. The van der Waals surface area contributed by atoms with Crippen LogP contribution in [-0.4, -0.2) is 34.4 Å². The van der Waals surface area contributed by atoms with Crippen LogP contribution in [0.15, 0.2) is 12.4 Å².